The molecule has 0 heterocycles. The van der Waals surface area contributed by atoms with E-state index in [4.69, 9.17) is 17.3 Å². The zero-order valence-corrected chi connectivity index (χ0v) is 12.6. The van der Waals surface area contributed by atoms with Gasteiger partial charge in [-0.15, -0.1) is 11.8 Å². The van der Waals surface area contributed by atoms with Crippen LogP contribution in [0.2, 0.25) is 5.02 Å². The average Bonchev–Trinajstić information content (AvgIpc) is 2.47. The van der Waals surface area contributed by atoms with Crippen molar-refractivity contribution < 1.29 is 9.59 Å². The van der Waals surface area contributed by atoms with Gasteiger partial charge in [0.2, 0.25) is 5.91 Å². The summed E-state index contributed by atoms with van der Waals surface area (Å²) in [6.45, 7) is 0. The Balaban J connectivity index is 2.13. The fourth-order valence-electron chi connectivity index (χ4n) is 1.64. The Morgan fingerprint density at radius 3 is 2.43 bits per heavy atom. The van der Waals surface area contributed by atoms with Crippen LogP contribution in [0.15, 0.2) is 53.4 Å². The number of hydrogen-bond donors (Lipinski definition) is 2. The highest BCUT2D eigenvalue weighted by Crippen LogP contribution is 2.27. The first-order valence-corrected chi connectivity index (χ1v) is 7.49. The molecule has 21 heavy (non-hydrogen) atoms. The third-order valence-corrected chi connectivity index (χ3v) is 3.96. The summed E-state index contributed by atoms with van der Waals surface area (Å²) < 4.78 is 0. The molecular formula is C15H13ClN2O2S. The number of nitrogens with two attached hydrogens (primary N) is 1. The fourth-order valence-corrected chi connectivity index (χ4v) is 2.51. The average molecular weight is 321 g/mol. The van der Waals surface area contributed by atoms with Gasteiger partial charge in [0.1, 0.15) is 0 Å². The number of amides is 2. The first kappa shape index (κ1) is 15.4. The maximum atomic E-state index is 12.2. The van der Waals surface area contributed by atoms with Crippen LogP contribution >= 0.6 is 23.4 Å². The van der Waals surface area contributed by atoms with Crippen molar-refractivity contribution >= 4 is 40.9 Å². The minimum Gasteiger partial charge on any atom is -0.369 e. The van der Waals surface area contributed by atoms with E-state index in [-0.39, 0.29) is 11.7 Å². The van der Waals surface area contributed by atoms with Crippen LogP contribution in [0.3, 0.4) is 0 Å². The minimum absolute atomic E-state index is 0.161. The summed E-state index contributed by atoms with van der Waals surface area (Å²) in [5, 5.41) is 3.39. The van der Waals surface area contributed by atoms with Crippen LogP contribution in [0.25, 0.3) is 0 Å². The Kier molecular flexibility index (Phi) is 5.25. The van der Waals surface area contributed by atoms with Crippen LogP contribution in [0.5, 0.6) is 0 Å². The van der Waals surface area contributed by atoms with E-state index < -0.39 is 5.91 Å². The second kappa shape index (κ2) is 7.15. The van der Waals surface area contributed by atoms with Crippen LogP contribution in [0, 0.1) is 0 Å². The summed E-state index contributed by atoms with van der Waals surface area (Å²) in [5.41, 5.74) is 6.29. The third kappa shape index (κ3) is 4.51. The van der Waals surface area contributed by atoms with Crippen LogP contribution in [-0.2, 0) is 4.79 Å². The van der Waals surface area contributed by atoms with Gasteiger partial charge in [0.15, 0.2) is 0 Å². The molecule has 108 valence electrons. The molecule has 6 heteroatoms. The smallest absolute Gasteiger partial charge is 0.255 e. The molecule has 2 rings (SSSR count). The lowest BCUT2D eigenvalue weighted by atomic mass is 10.2. The molecule has 0 aliphatic rings. The maximum Gasteiger partial charge on any atom is 0.255 e. The van der Waals surface area contributed by atoms with Gasteiger partial charge in [-0.2, -0.15) is 0 Å². The molecule has 0 radical (unpaired) electrons. The molecule has 0 unspecified atom stereocenters. The number of halogens is 1. The largest absolute Gasteiger partial charge is 0.369 e. The van der Waals surface area contributed by atoms with Crippen molar-refractivity contribution in [3.8, 4) is 0 Å². The summed E-state index contributed by atoms with van der Waals surface area (Å²) in [5.74, 6) is -0.481. The van der Waals surface area contributed by atoms with Gasteiger partial charge in [0.05, 0.1) is 11.4 Å². The Labute approximate surface area is 131 Å². The summed E-state index contributed by atoms with van der Waals surface area (Å²) in [6, 6.07) is 13.9. The Hall–Kier alpha value is -1.98. The number of thioether (sulfide) groups is 1. The lowest BCUT2D eigenvalue weighted by Crippen LogP contribution is -2.14. The van der Waals surface area contributed by atoms with Crippen LogP contribution in [0.1, 0.15) is 10.4 Å². The molecule has 0 spiro atoms. The lowest BCUT2D eigenvalue weighted by Gasteiger charge is -2.10. The summed E-state index contributed by atoms with van der Waals surface area (Å²) in [4.78, 5) is 23.8. The van der Waals surface area contributed by atoms with Crippen molar-refractivity contribution in [1.82, 2.24) is 0 Å². The number of primary amides is 1. The van der Waals surface area contributed by atoms with Gasteiger partial charge in [-0.25, -0.2) is 0 Å². The standard InChI is InChI=1S/C15H13ClN2O2S/c16-11-7-5-10(6-8-11)15(20)18-12-3-1-2-4-13(12)21-9-14(17)19/h1-8H,9H2,(H2,17,19)(H,18,20). The number of rotatable bonds is 5. The predicted octanol–water partition coefficient (Wildman–Crippen LogP) is 3.17. The van der Waals surface area contributed by atoms with Gasteiger partial charge < -0.3 is 11.1 Å². The van der Waals surface area contributed by atoms with Gasteiger partial charge in [0, 0.05) is 15.5 Å². The molecule has 0 fully saturated rings. The summed E-state index contributed by atoms with van der Waals surface area (Å²) >= 11 is 7.08. The van der Waals surface area contributed by atoms with Gasteiger partial charge in [-0.3, -0.25) is 9.59 Å². The monoisotopic (exact) mass is 320 g/mol. The number of anilines is 1. The van der Waals surface area contributed by atoms with Crippen molar-refractivity contribution in [2.24, 2.45) is 5.73 Å². The Morgan fingerprint density at radius 1 is 1.10 bits per heavy atom. The second-order valence-electron chi connectivity index (χ2n) is 4.21. The van der Waals surface area contributed by atoms with Gasteiger partial charge in [-0.1, -0.05) is 23.7 Å². The first-order chi connectivity index (χ1) is 10.1. The van der Waals surface area contributed by atoms with Crippen molar-refractivity contribution in [3.63, 3.8) is 0 Å². The molecule has 0 atom stereocenters. The van der Waals surface area contributed by atoms with Gasteiger partial charge >= 0.3 is 0 Å². The summed E-state index contributed by atoms with van der Waals surface area (Å²) in [7, 11) is 0. The zero-order chi connectivity index (χ0) is 15.2. The van der Waals surface area contributed by atoms with Crippen LogP contribution in [-0.4, -0.2) is 17.6 Å². The highest BCUT2D eigenvalue weighted by molar-refractivity contribution is 8.00. The molecule has 2 aromatic rings. The highest BCUT2D eigenvalue weighted by atomic mass is 35.5. The zero-order valence-electron chi connectivity index (χ0n) is 11.0. The van der Waals surface area contributed by atoms with E-state index in [9.17, 15) is 9.59 Å². The van der Waals surface area contributed by atoms with Crippen molar-refractivity contribution in [2.45, 2.75) is 4.90 Å². The van der Waals surface area contributed by atoms with Crippen molar-refractivity contribution in [2.75, 3.05) is 11.1 Å². The Bertz CT molecular complexity index is 659. The van der Waals surface area contributed by atoms with E-state index in [0.29, 0.717) is 16.3 Å². The maximum absolute atomic E-state index is 12.2. The van der Waals surface area contributed by atoms with Gasteiger partial charge in [-0.05, 0) is 36.4 Å². The molecule has 2 amide bonds. The molecule has 0 aliphatic carbocycles. The van der Waals surface area contributed by atoms with E-state index in [1.54, 1.807) is 30.3 Å². The molecule has 0 bridgehead atoms. The molecule has 0 saturated carbocycles. The SMILES string of the molecule is NC(=O)CSc1ccccc1NC(=O)c1ccc(Cl)cc1. The number of para-hydroxylation sites is 1. The normalized spacial score (nSPS) is 10.1. The number of benzene rings is 2. The molecular weight excluding hydrogens is 308 g/mol. The molecule has 3 N–H and O–H groups in total. The molecule has 0 aliphatic heterocycles. The number of nitrogens with one attached hydrogen (secondary N) is 1. The van der Waals surface area contributed by atoms with E-state index in [1.165, 1.54) is 11.8 Å². The number of hydrogen-bond acceptors (Lipinski definition) is 3. The number of carbonyl (C=O) groups excluding carboxylic acids is 2. The van der Waals surface area contributed by atoms with Crippen LogP contribution in [0.4, 0.5) is 5.69 Å². The first-order valence-electron chi connectivity index (χ1n) is 6.13. The van der Waals surface area contributed by atoms with E-state index in [1.807, 2.05) is 18.2 Å². The third-order valence-electron chi connectivity index (χ3n) is 2.61. The van der Waals surface area contributed by atoms with Gasteiger partial charge in [0.25, 0.3) is 5.91 Å². The highest BCUT2D eigenvalue weighted by Gasteiger charge is 2.09. The quantitative estimate of drug-likeness (QED) is 0.831. The molecule has 2 aromatic carbocycles. The van der Waals surface area contributed by atoms with E-state index in [0.717, 1.165) is 4.90 Å². The minimum atomic E-state index is -0.404. The van der Waals surface area contributed by atoms with Crippen LogP contribution < -0.4 is 11.1 Å². The van der Waals surface area contributed by atoms with E-state index in [2.05, 4.69) is 5.32 Å². The predicted molar refractivity (Wildman–Crippen MR) is 85.8 cm³/mol. The molecule has 0 saturated heterocycles. The Morgan fingerprint density at radius 2 is 1.76 bits per heavy atom. The number of carbonyl (C=O) groups is 2. The lowest BCUT2D eigenvalue weighted by molar-refractivity contribution is -0.115. The van der Waals surface area contributed by atoms with Crippen molar-refractivity contribution in [3.05, 3.63) is 59.1 Å². The molecule has 4 nitrogen and oxygen atoms in total. The topological polar surface area (TPSA) is 72.2 Å². The van der Waals surface area contributed by atoms with Crippen molar-refractivity contribution in [1.29, 1.82) is 0 Å². The van der Waals surface area contributed by atoms with E-state index >= 15 is 0 Å². The fraction of sp³-hybridized carbons (Fsp3) is 0.0667. The summed E-state index contributed by atoms with van der Waals surface area (Å²) in [6.07, 6.45) is 0. The second-order valence-corrected chi connectivity index (χ2v) is 5.67. The molecule has 0 aromatic heterocycles.